The van der Waals surface area contributed by atoms with Gasteiger partial charge in [0, 0.05) is 38.8 Å². The number of piperazine rings is 1. The van der Waals surface area contributed by atoms with Crippen LogP contribution in [-0.4, -0.2) is 61.0 Å². The monoisotopic (exact) mass is 237 g/mol. The molecule has 1 aliphatic carbocycles. The van der Waals surface area contributed by atoms with E-state index in [9.17, 15) is 4.79 Å². The van der Waals surface area contributed by atoms with Gasteiger partial charge in [0.1, 0.15) is 0 Å². The third kappa shape index (κ3) is 2.63. The standard InChI is InChI=1S/C13H23N3O/c17-13(11-2-1-5-14-10-11)16-8-6-15(7-9-16)12-3-4-12/h11-12,14H,1-10H2. The van der Waals surface area contributed by atoms with E-state index in [1.54, 1.807) is 0 Å². The van der Waals surface area contributed by atoms with Gasteiger partial charge in [0.15, 0.2) is 0 Å². The maximum atomic E-state index is 12.3. The summed E-state index contributed by atoms with van der Waals surface area (Å²) >= 11 is 0. The van der Waals surface area contributed by atoms with Gasteiger partial charge in [0.05, 0.1) is 5.92 Å². The first-order valence-corrected chi connectivity index (χ1v) is 7.08. The maximum Gasteiger partial charge on any atom is 0.227 e. The van der Waals surface area contributed by atoms with Gasteiger partial charge in [-0.05, 0) is 32.2 Å². The van der Waals surface area contributed by atoms with Gasteiger partial charge in [-0.1, -0.05) is 0 Å². The predicted octanol–water partition coefficient (Wildman–Crippen LogP) is 0.293. The summed E-state index contributed by atoms with van der Waals surface area (Å²) in [4.78, 5) is 17.0. The Labute approximate surface area is 103 Å². The lowest BCUT2D eigenvalue weighted by Crippen LogP contribution is -2.52. The predicted molar refractivity (Wildman–Crippen MR) is 66.8 cm³/mol. The van der Waals surface area contributed by atoms with E-state index in [-0.39, 0.29) is 5.92 Å². The molecule has 2 aliphatic heterocycles. The highest BCUT2D eigenvalue weighted by Gasteiger charge is 2.33. The Morgan fingerprint density at radius 1 is 1.06 bits per heavy atom. The second kappa shape index (κ2) is 4.94. The molecule has 0 aromatic heterocycles. The topological polar surface area (TPSA) is 35.6 Å². The van der Waals surface area contributed by atoms with Gasteiger partial charge in [-0.25, -0.2) is 0 Å². The van der Waals surface area contributed by atoms with Gasteiger partial charge >= 0.3 is 0 Å². The molecule has 0 spiro atoms. The quantitative estimate of drug-likeness (QED) is 0.750. The van der Waals surface area contributed by atoms with Crippen LogP contribution in [0.5, 0.6) is 0 Å². The van der Waals surface area contributed by atoms with Gasteiger partial charge in [0.25, 0.3) is 0 Å². The van der Waals surface area contributed by atoms with E-state index in [2.05, 4.69) is 15.1 Å². The van der Waals surface area contributed by atoms with Gasteiger partial charge in [0.2, 0.25) is 5.91 Å². The Balaban J connectivity index is 1.49. The molecular weight excluding hydrogens is 214 g/mol. The van der Waals surface area contributed by atoms with E-state index in [0.29, 0.717) is 5.91 Å². The average molecular weight is 237 g/mol. The van der Waals surface area contributed by atoms with Crippen molar-refractivity contribution in [3.63, 3.8) is 0 Å². The lowest BCUT2D eigenvalue weighted by Gasteiger charge is -2.37. The first-order valence-electron chi connectivity index (χ1n) is 7.08. The summed E-state index contributed by atoms with van der Waals surface area (Å²) in [5, 5.41) is 3.33. The molecule has 2 saturated heterocycles. The van der Waals surface area contributed by atoms with Crippen LogP contribution in [0.4, 0.5) is 0 Å². The van der Waals surface area contributed by atoms with Crippen LogP contribution in [0.15, 0.2) is 0 Å². The minimum absolute atomic E-state index is 0.247. The molecule has 0 aromatic carbocycles. The van der Waals surface area contributed by atoms with Crippen LogP contribution in [0.3, 0.4) is 0 Å². The zero-order chi connectivity index (χ0) is 11.7. The molecule has 1 N–H and O–H groups in total. The molecule has 3 fully saturated rings. The molecule has 2 heterocycles. The summed E-state index contributed by atoms with van der Waals surface area (Å²) in [7, 11) is 0. The molecule has 4 nitrogen and oxygen atoms in total. The maximum absolute atomic E-state index is 12.3. The highest BCUT2D eigenvalue weighted by molar-refractivity contribution is 5.79. The second-order valence-electron chi connectivity index (χ2n) is 5.64. The Hall–Kier alpha value is -0.610. The number of nitrogens with zero attached hydrogens (tertiary/aromatic N) is 2. The lowest BCUT2D eigenvalue weighted by atomic mass is 9.98. The summed E-state index contributed by atoms with van der Waals surface area (Å²) in [6.07, 6.45) is 4.98. The Bertz CT molecular complexity index is 276. The molecule has 3 rings (SSSR count). The zero-order valence-electron chi connectivity index (χ0n) is 10.5. The molecule has 1 amide bonds. The van der Waals surface area contributed by atoms with Crippen molar-refractivity contribution in [1.82, 2.24) is 15.1 Å². The molecule has 0 bridgehead atoms. The fourth-order valence-corrected chi connectivity index (χ4v) is 3.07. The molecule has 0 radical (unpaired) electrons. The molecule has 1 atom stereocenters. The average Bonchev–Trinajstić information content (AvgIpc) is 3.24. The van der Waals surface area contributed by atoms with Crippen molar-refractivity contribution in [2.75, 3.05) is 39.3 Å². The van der Waals surface area contributed by atoms with Crippen molar-refractivity contribution >= 4 is 5.91 Å². The van der Waals surface area contributed by atoms with Crippen molar-refractivity contribution in [3.05, 3.63) is 0 Å². The van der Waals surface area contributed by atoms with Crippen LogP contribution < -0.4 is 5.32 Å². The van der Waals surface area contributed by atoms with E-state index in [0.717, 1.165) is 58.2 Å². The van der Waals surface area contributed by atoms with Crippen molar-refractivity contribution in [1.29, 1.82) is 0 Å². The van der Waals surface area contributed by atoms with E-state index in [1.807, 2.05) is 0 Å². The number of carbonyl (C=O) groups is 1. The van der Waals surface area contributed by atoms with Crippen molar-refractivity contribution in [3.8, 4) is 0 Å². The molecule has 3 aliphatic rings. The normalized spacial score (nSPS) is 31.5. The smallest absolute Gasteiger partial charge is 0.227 e. The number of nitrogens with one attached hydrogen (secondary N) is 1. The zero-order valence-corrected chi connectivity index (χ0v) is 10.5. The Morgan fingerprint density at radius 3 is 2.41 bits per heavy atom. The van der Waals surface area contributed by atoms with Crippen molar-refractivity contribution in [2.24, 2.45) is 5.92 Å². The first-order chi connectivity index (χ1) is 8.34. The van der Waals surface area contributed by atoms with E-state index >= 15 is 0 Å². The molecule has 1 saturated carbocycles. The Morgan fingerprint density at radius 2 is 1.82 bits per heavy atom. The molecular formula is C13H23N3O. The summed E-state index contributed by atoms with van der Waals surface area (Å²) in [6, 6.07) is 0.851. The first kappa shape index (κ1) is 11.5. The minimum atomic E-state index is 0.247. The van der Waals surface area contributed by atoms with E-state index < -0.39 is 0 Å². The lowest BCUT2D eigenvalue weighted by molar-refractivity contribution is -0.137. The number of rotatable bonds is 2. The third-order valence-corrected chi connectivity index (χ3v) is 4.34. The van der Waals surface area contributed by atoms with Crippen LogP contribution in [0.1, 0.15) is 25.7 Å². The van der Waals surface area contributed by atoms with Crippen LogP contribution in [0, 0.1) is 5.92 Å². The largest absolute Gasteiger partial charge is 0.340 e. The highest BCUT2D eigenvalue weighted by Crippen LogP contribution is 2.27. The van der Waals surface area contributed by atoms with Gasteiger partial charge in [-0.2, -0.15) is 0 Å². The minimum Gasteiger partial charge on any atom is -0.340 e. The van der Waals surface area contributed by atoms with Crippen molar-refractivity contribution < 1.29 is 4.79 Å². The van der Waals surface area contributed by atoms with Gasteiger partial charge < -0.3 is 10.2 Å². The SMILES string of the molecule is O=C(C1CCCNC1)N1CCN(C2CC2)CC1. The number of amides is 1. The van der Waals surface area contributed by atoms with Crippen molar-refractivity contribution in [2.45, 2.75) is 31.7 Å². The molecule has 1 unspecified atom stereocenters. The number of hydrogen-bond donors (Lipinski definition) is 1. The summed E-state index contributed by atoms with van der Waals surface area (Å²) in [6.45, 7) is 6.06. The van der Waals surface area contributed by atoms with Crippen LogP contribution in [0.2, 0.25) is 0 Å². The molecule has 96 valence electrons. The van der Waals surface area contributed by atoms with E-state index in [1.165, 1.54) is 12.8 Å². The van der Waals surface area contributed by atoms with Crippen LogP contribution in [-0.2, 0) is 4.79 Å². The molecule has 4 heteroatoms. The molecule has 0 aromatic rings. The number of piperidine rings is 1. The number of hydrogen-bond acceptors (Lipinski definition) is 3. The van der Waals surface area contributed by atoms with Gasteiger partial charge in [-0.3, -0.25) is 9.69 Å². The Kier molecular flexibility index (Phi) is 3.34. The summed E-state index contributed by atoms with van der Waals surface area (Å²) in [5.41, 5.74) is 0. The fraction of sp³-hybridized carbons (Fsp3) is 0.923. The van der Waals surface area contributed by atoms with Crippen LogP contribution in [0.25, 0.3) is 0 Å². The number of carbonyl (C=O) groups excluding carboxylic acids is 1. The fourth-order valence-electron chi connectivity index (χ4n) is 3.07. The van der Waals surface area contributed by atoms with Gasteiger partial charge in [-0.15, -0.1) is 0 Å². The summed E-state index contributed by atoms with van der Waals surface area (Å²) in [5.74, 6) is 0.642. The highest BCUT2D eigenvalue weighted by atomic mass is 16.2. The second-order valence-corrected chi connectivity index (χ2v) is 5.64. The summed E-state index contributed by atoms with van der Waals surface area (Å²) < 4.78 is 0. The third-order valence-electron chi connectivity index (χ3n) is 4.34. The van der Waals surface area contributed by atoms with Crippen LogP contribution >= 0.6 is 0 Å². The van der Waals surface area contributed by atoms with E-state index in [4.69, 9.17) is 0 Å². The molecule has 17 heavy (non-hydrogen) atoms.